The van der Waals surface area contributed by atoms with Crippen molar-refractivity contribution in [2.75, 3.05) is 25.2 Å². The molecule has 2 heterocycles. The average molecular weight is 322 g/mol. The van der Waals surface area contributed by atoms with E-state index in [4.69, 9.17) is 21.1 Å². The van der Waals surface area contributed by atoms with Gasteiger partial charge in [-0.15, -0.1) is 0 Å². The molecule has 6 nitrogen and oxygen atoms in total. The van der Waals surface area contributed by atoms with Gasteiger partial charge in [0.05, 0.1) is 49.4 Å². The molecule has 0 bridgehead atoms. The first-order chi connectivity index (χ1) is 10.7. The van der Waals surface area contributed by atoms with Crippen LogP contribution in [0.1, 0.15) is 11.3 Å². The number of imidazole rings is 1. The highest BCUT2D eigenvalue weighted by molar-refractivity contribution is 6.32. The quantitative estimate of drug-likeness (QED) is 0.874. The molecule has 0 unspecified atom stereocenters. The van der Waals surface area contributed by atoms with Crippen molar-refractivity contribution >= 4 is 23.3 Å². The topological polar surface area (TPSA) is 67.5 Å². The van der Waals surface area contributed by atoms with Gasteiger partial charge in [0.25, 0.3) is 0 Å². The van der Waals surface area contributed by atoms with Crippen molar-refractivity contribution < 1.29 is 14.3 Å². The van der Waals surface area contributed by atoms with Crippen molar-refractivity contribution in [3.05, 3.63) is 40.9 Å². The molecular weight excluding hydrogens is 306 g/mol. The molecule has 1 N–H and O–H groups in total. The van der Waals surface area contributed by atoms with Crippen LogP contribution in [0.2, 0.25) is 5.02 Å². The number of hydrogen-bond donors (Lipinski definition) is 1. The number of esters is 1. The normalized spacial score (nSPS) is 13.5. The molecule has 0 radical (unpaired) electrons. The van der Waals surface area contributed by atoms with Crippen molar-refractivity contribution in [3.63, 3.8) is 0 Å². The largest absolute Gasteiger partial charge is 0.488 e. The molecule has 22 heavy (non-hydrogen) atoms. The van der Waals surface area contributed by atoms with Crippen molar-refractivity contribution in [3.8, 4) is 5.75 Å². The average Bonchev–Trinajstić information content (AvgIpc) is 3.01. The van der Waals surface area contributed by atoms with Crippen molar-refractivity contribution in [2.24, 2.45) is 0 Å². The van der Waals surface area contributed by atoms with Gasteiger partial charge in [-0.3, -0.25) is 4.79 Å². The van der Waals surface area contributed by atoms with Gasteiger partial charge in [0, 0.05) is 6.20 Å². The second kappa shape index (κ2) is 6.27. The third-order valence-corrected chi connectivity index (χ3v) is 3.81. The summed E-state index contributed by atoms with van der Waals surface area (Å²) in [5, 5.41) is 0.505. The Kier molecular flexibility index (Phi) is 4.20. The fraction of sp³-hybridized carbons (Fsp3) is 0.333. The standard InChI is InChI=1S/C15H16ClN3O3/c1-21-14(20)6-10-4-12(16)15-13(5-10)19(2-3-22-15)8-11-7-17-9-18-11/h4-5,7,9H,2-3,6,8H2,1H3,(H,17,18). The maximum absolute atomic E-state index is 11.5. The number of nitrogens with one attached hydrogen (secondary N) is 1. The highest BCUT2D eigenvalue weighted by Crippen LogP contribution is 2.39. The molecule has 0 fully saturated rings. The Morgan fingerprint density at radius 2 is 2.41 bits per heavy atom. The Morgan fingerprint density at radius 1 is 1.55 bits per heavy atom. The maximum atomic E-state index is 11.5. The Bertz CT molecular complexity index is 673. The maximum Gasteiger partial charge on any atom is 0.309 e. The zero-order valence-electron chi connectivity index (χ0n) is 12.1. The highest BCUT2D eigenvalue weighted by atomic mass is 35.5. The Balaban J connectivity index is 1.91. The van der Waals surface area contributed by atoms with E-state index in [1.807, 2.05) is 6.07 Å². The zero-order valence-corrected chi connectivity index (χ0v) is 12.9. The van der Waals surface area contributed by atoms with Gasteiger partial charge in [-0.25, -0.2) is 4.98 Å². The number of carbonyl (C=O) groups is 1. The number of nitrogens with zero attached hydrogens (tertiary/aromatic N) is 2. The van der Waals surface area contributed by atoms with E-state index in [1.54, 1.807) is 18.6 Å². The van der Waals surface area contributed by atoms with Crippen LogP contribution in [0.15, 0.2) is 24.7 Å². The minimum absolute atomic E-state index is 0.182. The van der Waals surface area contributed by atoms with E-state index in [2.05, 4.69) is 14.9 Å². The molecule has 7 heteroatoms. The smallest absolute Gasteiger partial charge is 0.309 e. The fourth-order valence-corrected chi connectivity index (χ4v) is 2.76. The van der Waals surface area contributed by atoms with Crippen LogP contribution in [0.4, 0.5) is 5.69 Å². The summed E-state index contributed by atoms with van der Waals surface area (Å²) in [6.07, 6.45) is 3.62. The molecule has 1 aliphatic heterocycles. The van der Waals surface area contributed by atoms with Gasteiger partial charge in [-0.1, -0.05) is 11.6 Å². The van der Waals surface area contributed by atoms with E-state index in [-0.39, 0.29) is 12.4 Å². The molecule has 0 saturated carbocycles. The number of halogens is 1. The molecule has 1 aromatic carbocycles. The van der Waals surface area contributed by atoms with Crippen LogP contribution in [-0.2, 0) is 22.5 Å². The van der Waals surface area contributed by atoms with E-state index in [1.165, 1.54) is 7.11 Å². The fourth-order valence-electron chi connectivity index (χ4n) is 2.47. The summed E-state index contributed by atoms with van der Waals surface area (Å²) in [7, 11) is 1.37. The molecule has 1 aromatic heterocycles. The van der Waals surface area contributed by atoms with E-state index in [0.717, 1.165) is 23.5 Å². The molecule has 116 valence electrons. The summed E-state index contributed by atoms with van der Waals surface area (Å²) in [4.78, 5) is 20.7. The number of benzene rings is 1. The Labute approximate surface area is 133 Å². The van der Waals surface area contributed by atoms with Crippen LogP contribution in [0, 0.1) is 0 Å². The molecule has 0 amide bonds. The van der Waals surface area contributed by atoms with Crippen molar-refractivity contribution in [1.29, 1.82) is 0 Å². The molecule has 3 rings (SSSR count). The SMILES string of the molecule is COC(=O)Cc1cc(Cl)c2c(c1)N(Cc1cnc[nH]1)CCO2. The number of ether oxygens (including phenoxy) is 2. The molecule has 0 atom stereocenters. The third-order valence-electron chi connectivity index (χ3n) is 3.52. The number of carbonyl (C=O) groups excluding carboxylic acids is 1. The van der Waals surface area contributed by atoms with Crippen LogP contribution < -0.4 is 9.64 Å². The number of aromatic amines is 1. The summed E-state index contributed by atoms with van der Waals surface area (Å²) >= 11 is 6.30. The Morgan fingerprint density at radius 3 is 3.14 bits per heavy atom. The minimum Gasteiger partial charge on any atom is -0.488 e. The van der Waals surface area contributed by atoms with Gasteiger partial charge in [0.15, 0.2) is 5.75 Å². The molecule has 0 aliphatic carbocycles. The summed E-state index contributed by atoms with van der Waals surface area (Å²) in [6.45, 7) is 1.98. The lowest BCUT2D eigenvalue weighted by Crippen LogP contribution is -2.32. The highest BCUT2D eigenvalue weighted by Gasteiger charge is 2.22. The summed E-state index contributed by atoms with van der Waals surface area (Å²) < 4.78 is 10.4. The van der Waals surface area contributed by atoms with Crippen molar-refractivity contribution in [1.82, 2.24) is 9.97 Å². The molecule has 1 aliphatic rings. The van der Waals surface area contributed by atoms with Gasteiger partial charge in [-0.2, -0.15) is 0 Å². The second-order valence-electron chi connectivity index (χ2n) is 5.03. The number of rotatable bonds is 4. The zero-order chi connectivity index (χ0) is 15.5. The van der Waals surface area contributed by atoms with Gasteiger partial charge in [-0.05, 0) is 17.7 Å². The number of fused-ring (bicyclic) bond motifs is 1. The van der Waals surface area contributed by atoms with Crippen LogP contribution in [0.3, 0.4) is 0 Å². The first-order valence-corrected chi connectivity index (χ1v) is 7.29. The predicted molar refractivity (Wildman–Crippen MR) is 82.3 cm³/mol. The molecule has 2 aromatic rings. The predicted octanol–water partition coefficient (Wildman–Crippen LogP) is 2.18. The lowest BCUT2D eigenvalue weighted by molar-refractivity contribution is -0.139. The van der Waals surface area contributed by atoms with E-state index < -0.39 is 0 Å². The van der Waals surface area contributed by atoms with Crippen LogP contribution in [-0.4, -0.2) is 36.2 Å². The van der Waals surface area contributed by atoms with Crippen LogP contribution in [0.5, 0.6) is 5.75 Å². The molecule has 0 saturated heterocycles. The Hall–Kier alpha value is -2.21. The van der Waals surface area contributed by atoms with Crippen molar-refractivity contribution in [2.45, 2.75) is 13.0 Å². The van der Waals surface area contributed by atoms with Gasteiger partial charge < -0.3 is 19.4 Å². The van der Waals surface area contributed by atoms with Crippen LogP contribution in [0.25, 0.3) is 0 Å². The molecular formula is C15H16ClN3O3. The van der Waals surface area contributed by atoms with Gasteiger partial charge >= 0.3 is 5.97 Å². The molecule has 0 spiro atoms. The number of H-pyrrole nitrogens is 1. The van der Waals surface area contributed by atoms with Gasteiger partial charge in [0.1, 0.15) is 6.61 Å². The summed E-state index contributed by atoms with van der Waals surface area (Å²) in [5.74, 6) is 0.355. The van der Waals surface area contributed by atoms with E-state index in [0.29, 0.717) is 23.9 Å². The van der Waals surface area contributed by atoms with Gasteiger partial charge in [0.2, 0.25) is 0 Å². The summed E-state index contributed by atoms with van der Waals surface area (Å²) in [6, 6.07) is 3.67. The lowest BCUT2D eigenvalue weighted by Gasteiger charge is -2.31. The minimum atomic E-state index is -0.298. The first kappa shape index (κ1) is 14.7. The van der Waals surface area contributed by atoms with E-state index in [9.17, 15) is 4.79 Å². The lowest BCUT2D eigenvalue weighted by atomic mass is 10.1. The van der Waals surface area contributed by atoms with E-state index >= 15 is 0 Å². The summed E-state index contributed by atoms with van der Waals surface area (Å²) in [5.41, 5.74) is 2.69. The number of aromatic nitrogens is 2. The first-order valence-electron chi connectivity index (χ1n) is 6.91. The second-order valence-corrected chi connectivity index (χ2v) is 5.43. The van der Waals surface area contributed by atoms with Crippen LogP contribution >= 0.6 is 11.6 Å². The number of hydrogen-bond acceptors (Lipinski definition) is 5. The number of methoxy groups -OCH3 is 1. The third kappa shape index (κ3) is 3.01. The monoisotopic (exact) mass is 321 g/mol. The number of anilines is 1.